The number of rotatable bonds is 0. The highest BCUT2D eigenvalue weighted by Crippen LogP contribution is 1.99. The largest absolute Gasteiger partial charge is 0.426 e. The molecule has 0 amide bonds. The van der Waals surface area contributed by atoms with Gasteiger partial charge in [0.15, 0.2) is 0 Å². The van der Waals surface area contributed by atoms with E-state index in [-0.39, 0.29) is 0 Å². The third-order valence-corrected chi connectivity index (χ3v) is 8.00. The average Bonchev–Trinajstić information content (AvgIpc) is 4.31. The third-order valence-electron chi connectivity index (χ3n) is 5.99. The van der Waals surface area contributed by atoms with E-state index in [1.54, 1.807) is 74.2 Å². The van der Waals surface area contributed by atoms with Crippen molar-refractivity contribution in [1.82, 2.24) is 74.0 Å². The van der Waals surface area contributed by atoms with E-state index in [0.717, 1.165) is 28.4 Å². The average molecular weight is 1160 g/mol. The predicted octanol–water partition coefficient (Wildman–Crippen LogP) is 18.8. The van der Waals surface area contributed by atoms with Crippen molar-refractivity contribution in [2.75, 3.05) is 0 Å². The molecule has 0 aliphatic rings. The van der Waals surface area contributed by atoms with Crippen LogP contribution in [0.3, 0.4) is 0 Å². The first-order chi connectivity index (χ1) is 38.3. The molecule has 10 heterocycles. The number of hydrogen-bond donors (Lipinski definition) is 3. The second kappa shape index (κ2) is 82.6. The summed E-state index contributed by atoms with van der Waals surface area (Å²) in [6.07, 6.45) is 19.3. The molecule has 0 atom stereocenters. The van der Waals surface area contributed by atoms with Gasteiger partial charge in [-0.3, -0.25) is 20.0 Å². The summed E-state index contributed by atoms with van der Waals surface area (Å²) in [7, 11) is 1.89. The van der Waals surface area contributed by atoms with E-state index >= 15 is 0 Å². The van der Waals surface area contributed by atoms with Crippen LogP contribution in [0.25, 0.3) is 0 Å². The fraction of sp³-hybridized carbons (Fsp3) is 0.500. The van der Waals surface area contributed by atoms with Crippen molar-refractivity contribution in [3.63, 3.8) is 0 Å². The molecule has 18 nitrogen and oxygen atoms in total. The van der Waals surface area contributed by atoms with E-state index in [1.807, 2.05) is 247 Å². The van der Waals surface area contributed by atoms with Gasteiger partial charge in [0, 0.05) is 103 Å². The van der Waals surface area contributed by atoms with Crippen LogP contribution in [-0.2, 0) is 7.05 Å². The van der Waals surface area contributed by atoms with E-state index in [0.29, 0.717) is 11.8 Å². The van der Waals surface area contributed by atoms with Gasteiger partial charge in [0.25, 0.3) is 0 Å². The van der Waals surface area contributed by atoms with Gasteiger partial charge in [-0.2, -0.15) is 24.8 Å². The summed E-state index contributed by atoms with van der Waals surface area (Å²) in [5, 5.41) is 41.2. The fourth-order valence-corrected chi connectivity index (χ4v) is 4.52. The van der Waals surface area contributed by atoms with Crippen LogP contribution in [0.4, 0.5) is 0 Å². The summed E-state index contributed by atoms with van der Waals surface area (Å²) < 4.78 is 27.3. The zero-order valence-electron chi connectivity index (χ0n) is 54.3. The van der Waals surface area contributed by atoms with E-state index in [2.05, 4.69) is 78.4 Å². The van der Waals surface area contributed by atoms with Crippen LogP contribution >= 0.6 is 34.6 Å². The summed E-state index contributed by atoms with van der Waals surface area (Å²) in [5.41, 5.74) is 6.81. The lowest BCUT2D eigenvalue weighted by Gasteiger charge is -1.77. The number of aromatic amines is 3. The van der Waals surface area contributed by atoms with Gasteiger partial charge in [0.05, 0.1) is 24.3 Å². The number of H-pyrrole nitrogens is 3. The van der Waals surface area contributed by atoms with Crippen molar-refractivity contribution < 1.29 is 13.5 Å². The number of aryl methyl sites for hydroxylation is 11. The monoisotopic (exact) mass is 1160 g/mol. The number of aromatic nitrogens is 15. The Hall–Kier alpha value is -6.71. The van der Waals surface area contributed by atoms with Crippen molar-refractivity contribution in [1.29, 1.82) is 0 Å². The predicted molar refractivity (Wildman–Crippen MR) is 342 cm³/mol. The Balaban J connectivity index is -0.0000000954. The molecule has 0 unspecified atom stereocenters. The summed E-state index contributed by atoms with van der Waals surface area (Å²) in [6.45, 7) is 55.3. The van der Waals surface area contributed by atoms with Crippen LogP contribution in [-0.4, -0.2) is 74.0 Å². The van der Waals surface area contributed by atoms with Gasteiger partial charge in [-0.25, -0.2) is 8.75 Å². The molecule has 0 fully saturated rings. The molecular formula is C58H109N15O3S3. The zero-order chi connectivity index (χ0) is 62.9. The minimum atomic E-state index is 0.623. The van der Waals surface area contributed by atoms with Crippen LogP contribution in [0.2, 0.25) is 0 Å². The molecule has 0 aliphatic heterocycles. The topological polar surface area (TPSA) is 234 Å². The first-order valence-corrected chi connectivity index (χ1v) is 29.7. The van der Waals surface area contributed by atoms with E-state index in [9.17, 15) is 0 Å². The van der Waals surface area contributed by atoms with Crippen LogP contribution < -0.4 is 0 Å². The normalized spacial score (nSPS) is 7.56. The lowest BCUT2D eigenvalue weighted by molar-refractivity contribution is 0.397. The molecule has 21 heteroatoms. The van der Waals surface area contributed by atoms with Gasteiger partial charge < -0.3 is 13.5 Å². The SMILES string of the molecule is CC.CC.CC.CC.CC.CC.CC.CC.CC.Cc1ccn[nH]1.Cc1ccn[nH]1.Cc1ccno1.Cc1ccns1.Cc1ccsn1.Cc1cn[nH]c1.Cc1cnoc1.Cc1cnsc1.Cc1nnc(C)o1.Cn1cccn1. The van der Waals surface area contributed by atoms with Crippen LogP contribution in [0.1, 0.15) is 181 Å². The molecular weight excluding hydrogens is 1050 g/mol. The summed E-state index contributed by atoms with van der Waals surface area (Å²) in [4.78, 5) is 1.27. The maximum absolute atomic E-state index is 4.86. The van der Waals surface area contributed by atoms with E-state index < -0.39 is 0 Å². The lowest BCUT2D eigenvalue weighted by atomic mass is 10.4. The second-order valence-corrected chi connectivity index (χ2v) is 14.4. The molecule has 10 aromatic rings. The highest BCUT2D eigenvalue weighted by atomic mass is 32.1. The molecule has 10 rings (SSSR count). The Bertz CT molecular complexity index is 1790. The molecule has 10 aromatic heterocycles. The maximum atomic E-state index is 4.86. The lowest BCUT2D eigenvalue weighted by Crippen LogP contribution is -1.83. The van der Waals surface area contributed by atoms with Gasteiger partial charge in [-0.1, -0.05) is 135 Å². The number of hydrogen-bond acceptors (Lipinski definition) is 17. The van der Waals surface area contributed by atoms with Crippen molar-refractivity contribution in [3.05, 3.63) is 172 Å². The molecule has 0 saturated heterocycles. The Morgan fingerprint density at radius 2 is 1.05 bits per heavy atom. The molecule has 3 N–H and O–H groups in total. The third kappa shape index (κ3) is 80.3. The van der Waals surface area contributed by atoms with Gasteiger partial charge in [0.2, 0.25) is 11.8 Å². The molecule has 0 spiro atoms. The highest BCUT2D eigenvalue weighted by molar-refractivity contribution is 7.05. The molecule has 79 heavy (non-hydrogen) atoms. The van der Waals surface area contributed by atoms with Gasteiger partial charge >= 0.3 is 0 Å². The fourth-order valence-electron chi connectivity index (χ4n) is 3.05. The molecule has 0 aliphatic carbocycles. The van der Waals surface area contributed by atoms with Crippen molar-refractivity contribution in [2.24, 2.45) is 7.05 Å². The molecule has 0 radical (unpaired) electrons. The Morgan fingerprint density at radius 1 is 0.506 bits per heavy atom. The van der Waals surface area contributed by atoms with Gasteiger partial charge in [-0.05, 0) is 131 Å². The van der Waals surface area contributed by atoms with Gasteiger partial charge in [-0.15, -0.1) is 10.2 Å². The van der Waals surface area contributed by atoms with Gasteiger partial charge in [0.1, 0.15) is 12.0 Å². The summed E-state index contributed by atoms with van der Waals surface area (Å²) >= 11 is 4.51. The Kier molecular flexibility index (Phi) is 95.9. The highest BCUT2D eigenvalue weighted by Gasteiger charge is 1.89. The van der Waals surface area contributed by atoms with Crippen molar-refractivity contribution in [3.8, 4) is 0 Å². The first kappa shape index (κ1) is 91.7. The van der Waals surface area contributed by atoms with Crippen LogP contribution in [0.15, 0.2) is 129 Å². The standard InChI is InChI=1S/C4H6N2O.4C4H6N2.2C4H5NO.3C4H5NS.9C2H6/c1-3-5-6-4(2)7-3;1-4-2-5-6-3-4;1-6-4-2-3-5-6;2*1-4-2-3-5-6-4;1-4-2-5-6-3-4;1-4-2-3-5-6-4;1-4-2-5-6-3-4;1-4-2-3-6-5-4;1-4-2-3-5-6-4;9*1-2/h1-2H3;2-3H,1H3,(H,5,6);2-4H,1H3;2*2-3H,1H3,(H,5,6);5*2-3H,1H3;9*1-2H3. The van der Waals surface area contributed by atoms with Crippen LogP contribution in [0, 0.1) is 69.2 Å². The molecule has 0 bridgehead atoms. The minimum Gasteiger partial charge on any atom is -0.426 e. The van der Waals surface area contributed by atoms with Crippen molar-refractivity contribution >= 4 is 34.6 Å². The Labute approximate surface area is 492 Å². The number of nitrogens with zero attached hydrogens (tertiary/aromatic N) is 12. The van der Waals surface area contributed by atoms with E-state index in [1.165, 1.54) is 50.6 Å². The maximum Gasteiger partial charge on any atom is 0.213 e. The Morgan fingerprint density at radius 3 is 1.16 bits per heavy atom. The van der Waals surface area contributed by atoms with Crippen molar-refractivity contribution in [2.45, 2.75) is 194 Å². The molecule has 0 saturated carbocycles. The van der Waals surface area contributed by atoms with E-state index in [4.69, 9.17) is 4.42 Å². The quantitative estimate of drug-likeness (QED) is 0.128. The molecule has 0 aromatic carbocycles. The van der Waals surface area contributed by atoms with Crippen LogP contribution in [0.5, 0.6) is 0 Å². The smallest absolute Gasteiger partial charge is 0.213 e. The second-order valence-electron chi connectivity index (χ2n) is 12.1. The minimum absolute atomic E-state index is 0.623. The molecule has 452 valence electrons. The zero-order valence-corrected chi connectivity index (χ0v) is 56.7. The first-order valence-electron chi connectivity index (χ1n) is 27.2. The summed E-state index contributed by atoms with van der Waals surface area (Å²) in [5.74, 6) is 2.10. The summed E-state index contributed by atoms with van der Waals surface area (Å²) in [6, 6.07) is 11.5. The number of nitrogens with one attached hydrogen (secondary N) is 3.